The molecule has 1 atom stereocenters. The Morgan fingerprint density at radius 2 is 1.68 bits per heavy atom. The van der Waals surface area contributed by atoms with Gasteiger partial charge in [-0.05, 0) is 61.9 Å². The molecule has 0 bridgehead atoms. The van der Waals surface area contributed by atoms with E-state index in [0.717, 1.165) is 0 Å². The van der Waals surface area contributed by atoms with Crippen LogP contribution in [0.2, 0.25) is 0 Å². The Morgan fingerprint density at radius 3 is 2.21 bits per heavy atom. The van der Waals surface area contributed by atoms with Gasteiger partial charge in [-0.3, -0.25) is 4.79 Å². The fraction of sp³-hybridized carbons (Fsp3) is 0.263. The summed E-state index contributed by atoms with van der Waals surface area (Å²) in [6.45, 7) is 3.16. The molecule has 28 heavy (non-hydrogen) atoms. The van der Waals surface area contributed by atoms with Crippen LogP contribution in [0.3, 0.4) is 0 Å². The minimum Gasteiger partial charge on any atom is -0.496 e. The molecule has 0 aliphatic carbocycles. The molecule has 2 aromatic rings. The highest BCUT2D eigenvalue weighted by molar-refractivity contribution is 7.89. The monoisotopic (exact) mass is 406 g/mol. The number of methoxy groups -OCH3 is 2. The average molecular weight is 406 g/mol. The van der Waals surface area contributed by atoms with Crippen LogP contribution in [-0.2, 0) is 19.6 Å². The number of hydrogen-bond acceptors (Lipinski definition) is 6. The molecule has 0 unspecified atom stereocenters. The van der Waals surface area contributed by atoms with Gasteiger partial charge in [0.05, 0.1) is 30.7 Å². The summed E-state index contributed by atoms with van der Waals surface area (Å²) in [5.74, 6) is -0.464. The highest BCUT2D eigenvalue weighted by Crippen LogP contribution is 2.21. The van der Waals surface area contributed by atoms with E-state index < -0.39 is 27.9 Å². The van der Waals surface area contributed by atoms with Gasteiger partial charge in [-0.25, -0.2) is 13.2 Å². The largest absolute Gasteiger partial charge is 0.496 e. The van der Waals surface area contributed by atoms with Crippen LogP contribution in [0.1, 0.15) is 22.8 Å². The highest BCUT2D eigenvalue weighted by atomic mass is 32.2. The molecule has 0 heterocycles. The summed E-state index contributed by atoms with van der Waals surface area (Å²) in [6.07, 6.45) is 0. The Balaban J connectivity index is 2.06. The zero-order valence-corrected chi connectivity index (χ0v) is 16.8. The molecule has 150 valence electrons. The quantitative estimate of drug-likeness (QED) is 0.681. The molecule has 0 spiro atoms. The lowest BCUT2D eigenvalue weighted by Crippen LogP contribution is -2.41. The van der Waals surface area contributed by atoms with Crippen molar-refractivity contribution >= 4 is 27.6 Å². The van der Waals surface area contributed by atoms with Crippen molar-refractivity contribution in [2.45, 2.75) is 24.8 Å². The Kier molecular flexibility index (Phi) is 6.76. The number of rotatable bonds is 7. The number of nitrogens with one attached hydrogen (secondary N) is 2. The molecular formula is C19H22N2O6S. The summed E-state index contributed by atoms with van der Waals surface area (Å²) >= 11 is 0. The van der Waals surface area contributed by atoms with Crippen LogP contribution < -0.4 is 14.8 Å². The number of benzene rings is 2. The number of hydrogen-bond donors (Lipinski definition) is 2. The van der Waals surface area contributed by atoms with Crippen molar-refractivity contribution in [3.63, 3.8) is 0 Å². The second-order valence-electron chi connectivity index (χ2n) is 6.03. The molecular weight excluding hydrogens is 384 g/mol. The Morgan fingerprint density at radius 1 is 1.04 bits per heavy atom. The van der Waals surface area contributed by atoms with Crippen LogP contribution in [0, 0.1) is 6.92 Å². The summed E-state index contributed by atoms with van der Waals surface area (Å²) in [4.78, 5) is 23.8. The van der Waals surface area contributed by atoms with E-state index in [0.29, 0.717) is 22.6 Å². The molecule has 0 saturated heterocycles. The fourth-order valence-electron chi connectivity index (χ4n) is 2.43. The molecule has 0 radical (unpaired) electrons. The zero-order valence-electron chi connectivity index (χ0n) is 16.0. The maximum Gasteiger partial charge on any atom is 0.337 e. The van der Waals surface area contributed by atoms with Gasteiger partial charge in [-0.1, -0.05) is 0 Å². The molecule has 9 heteroatoms. The Hall–Kier alpha value is -2.91. The third kappa shape index (κ3) is 5.08. The van der Waals surface area contributed by atoms with E-state index in [1.807, 2.05) is 0 Å². The van der Waals surface area contributed by atoms with Crippen LogP contribution in [0.25, 0.3) is 0 Å². The summed E-state index contributed by atoms with van der Waals surface area (Å²) in [7, 11) is -1.12. The number of ether oxygens (including phenoxy) is 2. The van der Waals surface area contributed by atoms with Gasteiger partial charge in [0.25, 0.3) is 0 Å². The van der Waals surface area contributed by atoms with Gasteiger partial charge in [0.1, 0.15) is 5.75 Å². The fourth-order valence-corrected chi connectivity index (χ4v) is 3.72. The maximum atomic E-state index is 12.5. The smallest absolute Gasteiger partial charge is 0.337 e. The number of amides is 1. The van der Waals surface area contributed by atoms with Crippen LogP contribution >= 0.6 is 0 Å². The minimum absolute atomic E-state index is 0.0351. The average Bonchev–Trinajstić information content (AvgIpc) is 2.67. The molecule has 0 saturated carbocycles. The second-order valence-corrected chi connectivity index (χ2v) is 7.75. The number of carbonyl (C=O) groups is 2. The molecule has 8 nitrogen and oxygen atoms in total. The van der Waals surface area contributed by atoms with E-state index in [4.69, 9.17) is 4.74 Å². The predicted molar refractivity (Wildman–Crippen MR) is 104 cm³/mol. The van der Waals surface area contributed by atoms with E-state index in [2.05, 4.69) is 14.8 Å². The summed E-state index contributed by atoms with van der Waals surface area (Å²) in [5, 5.41) is 2.59. The molecule has 0 aliphatic heterocycles. The summed E-state index contributed by atoms with van der Waals surface area (Å²) in [6, 6.07) is 9.45. The summed E-state index contributed by atoms with van der Waals surface area (Å²) < 4.78 is 37.1. The standard InChI is InChI=1S/C19H22N2O6S/c1-12-11-16(9-10-17(12)26-3)28(24,25)21-13(2)18(22)20-15-7-5-14(6-8-15)19(23)27-4/h5-11,13,21H,1-4H3,(H,20,22)/t13-/m0/s1. The molecule has 2 aromatic carbocycles. The number of anilines is 1. The number of carbonyl (C=O) groups excluding carboxylic acids is 2. The van der Waals surface area contributed by atoms with Crippen molar-refractivity contribution in [2.24, 2.45) is 0 Å². The van der Waals surface area contributed by atoms with Gasteiger partial charge >= 0.3 is 5.97 Å². The van der Waals surface area contributed by atoms with Crippen LogP contribution in [0.4, 0.5) is 5.69 Å². The molecule has 0 fully saturated rings. The third-order valence-electron chi connectivity index (χ3n) is 3.98. The van der Waals surface area contributed by atoms with Gasteiger partial charge in [-0.2, -0.15) is 4.72 Å². The number of aryl methyl sites for hydroxylation is 1. The second kappa shape index (κ2) is 8.85. The van der Waals surface area contributed by atoms with Gasteiger partial charge in [-0.15, -0.1) is 0 Å². The molecule has 0 aromatic heterocycles. The van der Waals surface area contributed by atoms with Crippen molar-refractivity contribution in [2.75, 3.05) is 19.5 Å². The van der Waals surface area contributed by atoms with Crippen molar-refractivity contribution in [3.05, 3.63) is 53.6 Å². The van der Waals surface area contributed by atoms with Crippen LogP contribution in [0.15, 0.2) is 47.4 Å². The Bertz CT molecular complexity index is 970. The first kappa shape index (κ1) is 21.4. The van der Waals surface area contributed by atoms with Gasteiger partial charge in [0.2, 0.25) is 15.9 Å². The van der Waals surface area contributed by atoms with E-state index in [9.17, 15) is 18.0 Å². The van der Waals surface area contributed by atoms with Crippen molar-refractivity contribution in [1.29, 1.82) is 0 Å². The lowest BCUT2D eigenvalue weighted by atomic mass is 10.2. The minimum atomic E-state index is -3.89. The summed E-state index contributed by atoms with van der Waals surface area (Å²) in [5.41, 5.74) is 1.42. The molecule has 1 amide bonds. The van der Waals surface area contributed by atoms with E-state index >= 15 is 0 Å². The first-order valence-corrected chi connectivity index (χ1v) is 9.82. The topological polar surface area (TPSA) is 111 Å². The van der Waals surface area contributed by atoms with E-state index in [1.54, 1.807) is 13.0 Å². The lowest BCUT2D eigenvalue weighted by Gasteiger charge is -2.15. The van der Waals surface area contributed by atoms with Crippen LogP contribution in [0.5, 0.6) is 5.75 Å². The lowest BCUT2D eigenvalue weighted by molar-refractivity contribution is -0.117. The van der Waals surface area contributed by atoms with Gasteiger partial charge in [0.15, 0.2) is 0 Å². The first-order chi connectivity index (χ1) is 13.2. The van der Waals surface area contributed by atoms with E-state index in [1.165, 1.54) is 57.5 Å². The predicted octanol–water partition coefficient (Wildman–Crippen LogP) is 2.10. The van der Waals surface area contributed by atoms with Crippen molar-refractivity contribution < 1.29 is 27.5 Å². The molecule has 2 N–H and O–H groups in total. The third-order valence-corrected chi connectivity index (χ3v) is 5.51. The van der Waals surface area contributed by atoms with E-state index in [-0.39, 0.29) is 4.90 Å². The molecule has 0 aliphatic rings. The van der Waals surface area contributed by atoms with Gasteiger partial charge in [0, 0.05) is 5.69 Å². The SMILES string of the molecule is COC(=O)c1ccc(NC(=O)[C@H](C)NS(=O)(=O)c2ccc(OC)c(C)c2)cc1. The number of sulfonamides is 1. The first-order valence-electron chi connectivity index (χ1n) is 8.34. The molecule has 2 rings (SSSR count). The van der Waals surface area contributed by atoms with Crippen LogP contribution in [-0.4, -0.2) is 40.6 Å². The van der Waals surface area contributed by atoms with Gasteiger partial charge < -0.3 is 14.8 Å². The van der Waals surface area contributed by atoms with Crippen molar-refractivity contribution in [1.82, 2.24) is 4.72 Å². The number of esters is 1. The highest BCUT2D eigenvalue weighted by Gasteiger charge is 2.23. The zero-order chi connectivity index (χ0) is 20.9. The van der Waals surface area contributed by atoms with Crippen molar-refractivity contribution in [3.8, 4) is 5.75 Å². The normalized spacial score (nSPS) is 12.1. The maximum absolute atomic E-state index is 12.5. The Labute approximate surface area is 163 Å².